The zero-order chi connectivity index (χ0) is 18.0. The Balaban J connectivity index is 2.34. The van der Waals surface area contributed by atoms with E-state index in [1.54, 1.807) is 17.7 Å². The van der Waals surface area contributed by atoms with E-state index in [0.29, 0.717) is 17.1 Å². The van der Waals surface area contributed by atoms with Crippen molar-refractivity contribution in [3.8, 4) is 11.3 Å². The summed E-state index contributed by atoms with van der Waals surface area (Å²) in [6.07, 6.45) is 6.95. The van der Waals surface area contributed by atoms with Gasteiger partial charge in [-0.25, -0.2) is 14.4 Å². The van der Waals surface area contributed by atoms with Crippen molar-refractivity contribution < 1.29 is 4.74 Å². The van der Waals surface area contributed by atoms with Crippen LogP contribution in [-0.2, 0) is 11.5 Å². The lowest BCUT2D eigenvalue weighted by molar-refractivity contribution is 0.121. The van der Waals surface area contributed by atoms with Gasteiger partial charge in [0, 0.05) is 30.5 Å². The third-order valence-electron chi connectivity index (χ3n) is 4.94. The van der Waals surface area contributed by atoms with Crippen LogP contribution in [0, 0.1) is 6.92 Å². The molecule has 2 aromatic heterocycles. The summed E-state index contributed by atoms with van der Waals surface area (Å²) in [7, 11) is 1.48. The highest BCUT2D eigenvalue weighted by Gasteiger charge is 2.26. The molecule has 0 amide bonds. The average Bonchev–Trinajstić information content (AvgIpc) is 3.10. The molecule has 1 aliphatic carbocycles. The molecule has 2 aromatic rings. The van der Waals surface area contributed by atoms with Gasteiger partial charge in [0.1, 0.15) is 12.5 Å². The van der Waals surface area contributed by atoms with E-state index < -0.39 is 0 Å². The Morgan fingerprint density at radius 2 is 2.04 bits per heavy atom. The molecule has 1 saturated carbocycles. The largest absolute Gasteiger partial charge is 0.364 e. The van der Waals surface area contributed by atoms with Crippen LogP contribution in [0.2, 0.25) is 0 Å². The van der Waals surface area contributed by atoms with Crippen LogP contribution in [0.15, 0.2) is 26.8 Å². The molecule has 0 aromatic carbocycles. The Kier molecular flexibility index (Phi) is 5.03. The number of aromatic amines is 1. The summed E-state index contributed by atoms with van der Waals surface area (Å²) in [6, 6.07) is 1.91. The molecule has 3 rings (SSSR count). The van der Waals surface area contributed by atoms with Gasteiger partial charge in [0.15, 0.2) is 0 Å². The maximum absolute atomic E-state index is 13.1. The standard InChI is InChI=1S/C18H24N4O3/c1-12-15(14-9-10-20-16(14)19-2)22(13-7-5-4-6-8-13)18(24)21(11-25-3)17(12)23/h9-10,13,20H,2,4-8,11H2,1,3H3. The molecule has 1 fully saturated rings. The molecule has 1 N–H and O–H groups in total. The first-order valence-corrected chi connectivity index (χ1v) is 8.59. The molecule has 2 heterocycles. The van der Waals surface area contributed by atoms with Gasteiger partial charge >= 0.3 is 5.69 Å². The first kappa shape index (κ1) is 17.4. The summed E-state index contributed by atoms with van der Waals surface area (Å²) in [6.45, 7) is 5.28. The molecule has 0 aliphatic heterocycles. The SMILES string of the molecule is C=Nc1[nH]ccc1-c1c(C)c(=O)n(COC)c(=O)n1C1CCCCC1. The molecule has 0 radical (unpaired) electrons. The minimum atomic E-state index is -0.329. The molecule has 0 unspecified atom stereocenters. The van der Waals surface area contributed by atoms with Crippen molar-refractivity contribution in [1.29, 1.82) is 0 Å². The van der Waals surface area contributed by atoms with Gasteiger partial charge in [-0.3, -0.25) is 9.36 Å². The van der Waals surface area contributed by atoms with Crippen molar-refractivity contribution in [2.45, 2.75) is 51.8 Å². The number of ether oxygens (including phenoxy) is 1. The molecule has 25 heavy (non-hydrogen) atoms. The summed E-state index contributed by atoms with van der Waals surface area (Å²) in [4.78, 5) is 32.9. The average molecular weight is 344 g/mol. The van der Waals surface area contributed by atoms with Crippen molar-refractivity contribution in [3.63, 3.8) is 0 Å². The quantitative estimate of drug-likeness (QED) is 0.847. The second-order valence-corrected chi connectivity index (χ2v) is 6.47. The van der Waals surface area contributed by atoms with E-state index in [2.05, 4.69) is 16.7 Å². The molecular formula is C18H24N4O3. The van der Waals surface area contributed by atoms with E-state index >= 15 is 0 Å². The van der Waals surface area contributed by atoms with Crippen molar-refractivity contribution in [3.05, 3.63) is 38.7 Å². The monoisotopic (exact) mass is 344 g/mol. The van der Waals surface area contributed by atoms with Crippen molar-refractivity contribution >= 4 is 12.5 Å². The zero-order valence-electron chi connectivity index (χ0n) is 14.7. The highest BCUT2D eigenvalue weighted by Crippen LogP contribution is 2.35. The van der Waals surface area contributed by atoms with Gasteiger partial charge in [0.05, 0.1) is 5.69 Å². The third kappa shape index (κ3) is 3.00. The minimum Gasteiger partial charge on any atom is -0.364 e. The Labute approximate surface area is 146 Å². The second kappa shape index (κ2) is 7.23. The smallest absolute Gasteiger partial charge is 0.333 e. The Bertz CT molecular complexity index is 885. The number of hydrogen-bond donors (Lipinski definition) is 1. The van der Waals surface area contributed by atoms with Crippen molar-refractivity contribution in [2.24, 2.45) is 4.99 Å². The number of nitrogens with one attached hydrogen (secondary N) is 1. The number of rotatable bonds is 5. The maximum atomic E-state index is 13.1. The number of methoxy groups -OCH3 is 1. The molecule has 1 aliphatic rings. The second-order valence-electron chi connectivity index (χ2n) is 6.47. The first-order valence-electron chi connectivity index (χ1n) is 8.59. The number of nitrogens with zero attached hydrogens (tertiary/aromatic N) is 3. The first-order chi connectivity index (χ1) is 12.1. The van der Waals surface area contributed by atoms with E-state index in [0.717, 1.165) is 31.2 Å². The van der Waals surface area contributed by atoms with Gasteiger partial charge in [-0.1, -0.05) is 19.3 Å². The van der Waals surface area contributed by atoms with Crippen LogP contribution in [0.3, 0.4) is 0 Å². The van der Waals surface area contributed by atoms with Gasteiger partial charge in [0.2, 0.25) is 0 Å². The lowest BCUT2D eigenvalue weighted by Crippen LogP contribution is -2.44. The number of hydrogen-bond acceptors (Lipinski definition) is 4. The van der Waals surface area contributed by atoms with Crippen molar-refractivity contribution in [2.75, 3.05) is 7.11 Å². The fraction of sp³-hybridized carbons (Fsp3) is 0.500. The highest BCUT2D eigenvalue weighted by atomic mass is 16.5. The lowest BCUT2D eigenvalue weighted by Gasteiger charge is -2.28. The summed E-state index contributed by atoms with van der Waals surface area (Å²) < 4.78 is 8.02. The number of aromatic nitrogens is 3. The van der Waals surface area contributed by atoms with Crippen LogP contribution in [0.25, 0.3) is 11.3 Å². The highest BCUT2D eigenvalue weighted by molar-refractivity contribution is 5.74. The third-order valence-corrected chi connectivity index (χ3v) is 4.94. The van der Waals surface area contributed by atoms with E-state index in [9.17, 15) is 9.59 Å². The summed E-state index contributed by atoms with van der Waals surface area (Å²) in [5.74, 6) is 0.566. The van der Waals surface area contributed by atoms with Crippen molar-refractivity contribution in [1.82, 2.24) is 14.1 Å². The Morgan fingerprint density at radius 3 is 2.68 bits per heavy atom. The summed E-state index contributed by atoms with van der Waals surface area (Å²) >= 11 is 0. The minimum absolute atomic E-state index is 0.0504. The summed E-state index contributed by atoms with van der Waals surface area (Å²) in [5.41, 5.74) is 1.24. The predicted octanol–water partition coefficient (Wildman–Crippen LogP) is 2.75. The fourth-order valence-corrected chi connectivity index (χ4v) is 3.73. The van der Waals surface area contributed by atoms with Crippen LogP contribution in [0.5, 0.6) is 0 Å². The summed E-state index contributed by atoms with van der Waals surface area (Å²) in [5, 5.41) is 0. The van der Waals surface area contributed by atoms with Crippen LogP contribution < -0.4 is 11.2 Å². The molecule has 0 saturated heterocycles. The topological polar surface area (TPSA) is 81.4 Å². The number of aliphatic imine (C=N–C) groups is 1. The predicted molar refractivity (Wildman–Crippen MR) is 97.8 cm³/mol. The van der Waals surface area contributed by atoms with Gasteiger partial charge < -0.3 is 9.72 Å². The van der Waals surface area contributed by atoms with Gasteiger partial charge in [-0.15, -0.1) is 0 Å². The van der Waals surface area contributed by atoms with Crippen LogP contribution in [0.1, 0.15) is 43.7 Å². The Morgan fingerprint density at radius 1 is 1.32 bits per heavy atom. The van der Waals surface area contributed by atoms with E-state index in [-0.39, 0.29) is 24.0 Å². The van der Waals surface area contributed by atoms with Gasteiger partial charge in [-0.05, 0) is 32.5 Å². The molecule has 0 bridgehead atoms. The molecule has 0 atom stereocenters. The van der Waals surface area contributed by atoms with Gasteiger partial charge in [0.25, 0.3) is 5.56 Å². The zero-order valence-corrected chi connectivity index (χ0v) is 14.7. The fourth-order valence-electron chi connectivity index (χ4n) is 3.73. The maximum Gasteiger partial charge on any atom is 0.333 e. The molecule has 7 nitrogen and oxygen atoms in total. The number of H-pyrrole nitrogens is 1. The Hall–Kier alpha value is -2.41. The normalized spacial score (nSPS) is 15.4. The molecule has 0 spiro atoms. The molecule has 134 valence electrons. The van der Waals surface area contributed by atoms with Gasteiger partial charge in [-0.2, -0.15) is 0 Å². The molecular weight excluding hydrogens is 320 g/mol. The van der Waals surface area contributed by atoms with E-state index in [4.69, 9.17) is 4.74 Å². The van der Waals surface area contributed by atoms with E-state index in [1.165, 1.54) is 18.1 Å². The van der Waals surface area contributed by atoms with Crippen LogP contribution in [0.4, 0.5) is 5.82 Å². The van der Waals surface area contributed by atoms with Crippen LogP contribution in [-0.4, -0.2) is 27.9 Å². The lowest BCUT2D eigenvalue weighted by atomic mass is 9.94. The van der Waals surface area contributed by atoms with E-state index in [1.807, 2.05) is 6.07 Å². The molecule has 7 heteroatoms. The van der Waals surface area contributed by atoms with Crippen LogP contribution >= 0.6 is 0 Å².